The Hall–Kier alpha value is -1.81. The van der Waals surface area contributed by atoms with Crippen LogP contribution in [-0.2, 0) is 4.79 Å². The average molecular weight is 485 g/mol. The molecular weight excluding hydrogens is 436 g/mol. The Bertz CT molecular complexity index is 1040. The highest BCUT2D eigenvalue weighted by molar-refractivity contribution is 5.85. The first kappa shape index (κ1) is 25.8. The summed E-state index contributed by atoms with van der Waals surface area (Å²) in [5.74, 6) is 11.9. The molecule has 1 heteroatoms. The molecule has 0 spiro atoms. The summed E-state index contributed by atoms with van der Waals surface area (Å²) in [6.07, 6.45) is 14.8. The Labute approximate surface area is 220 Å². The molecule has 0 aliphatic heterocycles. The molecule has 8 atom stereocenters. The minimum Gasteiger partial charge on any atom is -0.299 e. The molecule has 4 aliphatic carbocycles. The second kappa shape index (κ2) is 10.2. The van der Waals surface area contributed by atoms with Gasteiger partial charge >= 0.3 is 0 Å². The Kier molecular flexibility index (Phi) is 7.29. The van der Waals surface area contributed by atoms with Crippen molar-refractivity contribution in [1.82, 2.24) is 0 Å². The third-order valence-electron chi connectivity index (χ3n) is 11.4. The van der Waals surface area contributed by atoms with E-state index in [1.807, 2.05) is 18.2 Å². The first-order chi connectivity index (χ1) is 17.2. The summed E-state index contributed by atoms with van der Waals surface area (Å²) in [5, 5.41) is 0. The van der Waals surface area contributed by atoms with Gasteiger partial charge in [-0.2, -0.15) is 0 Å². The van der Waals surface area contributed by atoms with Crippen LogP contribution < -0.4 is 0 Å². The smallest absolute Gasteiger partial charge is 0.140 e. The van der Waals surface area contributed by atoms with Crippen molar-refractivity contribution >= 4 is 5.78 Å². The monoisotopic (exact) mass is 484 g/mol. The minimum atomic E-state index is 0.0732. The van der Waals surface area contributed by atoms with Crippen molar-refractivity contribution in [2.45, 2.75) is 98.8 Å². The Morgan fingerprint density at radius 2 is 1.67 bits per heavy atom. The fraction of sp³-hybridized carbons (Fsp3) is 0.686. The van der Waals surface area contributed by atoms with Crippen molar-refractivity contribution in [1.29, 1.82) is 0 Å². The molecule has 5 rings (SSSR count). The maximum atomic E-state index is 13.7. The van der Waals surface area contributed by atoms with Gasteiger partial charge in [0.25, 0.3) is 0 Å². The summed E-state index contributed by atoms with van der Waals surface area (Å²) in [7, 11) is 0. The number of carbonyl (C=O) groups is 1. The van der Waals surface area contributed by atoms with E-state index in [4.69, 9.17) is 0 Å². The average Bonchev–Trinajstić information content (AvgIpc) is 3.21. The molecular formula is C35H48O. The van der Waals surface area contributed by atoms with Crippen LogP contribution in [0.15, 0.2) is 42.0 Å². The molecule has 0 radical (unpaired) electrons. The normalized spacial score (nSPS) is 38.3. The van der Waals surface area contributed by atoms with Crippen LogP contribution >= 0.6 is 0 Å². The van der Waals surface area contributed by atoms with Crippen LogP contribution in [0.25, 0.3) is 0 Å². The third-order valence-corrected chi connectivity index (χ3v) is 11.4. The lowest BCUT2D eigenvalue weighted by molar-refractivity contribution is -0.146. The molecule has 1 nitrogen and oxygen atoms in total. The predicted octanol–water partition coefficient (Wildman–Crippen LogP) is 8.87. The van der Waals surface area contributed by atoms with Crippen LogP contribution in [0.1, 0.15) is 104 Å². The van der Waals surface area contributed by atoms with Crippen molar-refractivity contribution < 1.29 is 4.79 Å². The van der Waals surface area contributed by atoms with Gasteiger partial charge in [0.15, 0.2) is 0 Å². The van der Waals surface area contributed by atoms with E-state index in [0.29, 0.717) is 23.0 Å². The largest absolute Gasteiger partial charge is 0.299 e. The molecule has 36 heavy (non-hydrogen) atoms. The fourth-order valence-corrected chi connectivity index (χ4v) is 9.46. The summed E-state index contributed by atoms with van der Waals surface area (Å²) < 4.78 is 0. The number of hydrogen-bond acceptors (Lipinski definition) is 1. The number of fused-ring (bicyclic) bond motifs is 5. The number of carbonyl (C=O) groups excluding carboxylic acids is 1. The highest BCUT2D eigenvalue weighted by Gasteiger charge is 2.61. The van der Waals surface area contributed by atoms with Gasteiger partial charge < -0.3 is 0 Å². The van der Waals surface area contributed by atoms with Crippen LogP contribution in [0, 0.1) is 64.1 Å². The van der Waals surface area contributed by atoms with Crippen LogP contribution in [0.5, 0.6) is 0 Å². The van der Waals surface area contributed by atoms with E-state index in [1.165, 1.54) is 50.5 Å². The maximum Gasteiger partial charge on any atom is 0.140 e. The molecule has 0 aromatic heterocycles. The number of hydrogen-bond donors (Lipinski definition) is 0. The molecule has 0 bridgehead atoms. The van der Waals surface area contributed by atoms with E-state index >= 15 is 0 Å². The number of Topliss-reactive ketones (excluding diaryl/α,β-unsaturated/α-hetero) is 1. The summed E-state index contributed by atoms with van der Waals surface area (Å²) >= 11 is 0. The van der Waals surface area contributed by atoms with Gasteiger partial charge in [-0.3, -0.25) is 4.79 Å². The van der Waals surface area contributed by atoms with Crippen molar-refractivity contribution in [2.24, 2.45) is 52.3 Å². The van der Waals surface area contributed by atoms with E-state index in [1.54, 1.807) is 0 Å². The first-order valence-electron chi connectivity index (χ1n) is 15.0. The van der Waals surface area contributed by atoms with Crippen molar-refractivity contribution in [3.8, 4) is 11.8 Å². The standard InChI is InChI=1S/C35H48O/c1-24(2)10-9-11-25(3)29-16-17-30-28-23-33(36)32-22-27(15-14-26-12-7-6-8-13-26)18-20-35(32,5)31(28)19-21-34(29,30)4/h6-8,12-13,22,24-25,28-32H,9-11,16-21,23H2,1-5H3/t25-,28+,29-,30+,31+,32-,34-,35-/m1/s1. The van der Waals surface area contributed by atoms with Gasteiger partial charge in [0.05, 0.1) is 0 Å². The molecule has 0 amide bonds. The van der Waals surface area contributed by atoms with Gasteiger partial charge in [0.1, 0.15) is 5.78 Å². The third kappa shape index (κ3) is 4.64. The topological polar surface area (TPSA) is 17.1 Å². The number of rotatable bonds is 5. The predicted molar refractivity (Wildman–Crippen MR) is 150 cm³/mol. The zero-order valence-corrected chi connectivity index (χ0v) is 23.5. The minimum absolute atomic E-state index is 0.0732. The van der Waals surface area contributed by atoms with Crippen molar-refractivity contribution in [3.63, 3.8) is 0 Å². The highest BCUT2D eigenvalue weighted by Crippen LogP contribution is 2.67. The van der Waals surface area contributed by atoms with E-state index in [0.717, 1.165) is 48.5 Å². The maximum absolute atomic E-state index is 13.7. The summed E-state index contributed by atoms with van der Waals surface area (Å²) in [6.45, 7) is 12.3. The summed E-state index contributed by atoms with van der Waals surface area (Å²) in [5.41, 5.74) is 2.81. The Balaban J connectivity index is 1.32. The SMILES string of the molecule is CC(C)CCC[C@@H](C)[C@H]1CC[C@H]2[C@@H]3CC(=O)[C@H]4C=C(C#Cc5ccccc5)CC[C@]4(C)[C@H]3CC[C@]12C. The summed E-state index contributed by atoms with van der Waals surface area (Å²) in [4.78, 5) is 13.7. The van der Waals surface area contributed by atoms with E-state index in [2.05, 4.69) is 64.7 Å². The van der Waals surface area contributed by atoms with E-state index in [9.17, 15) is 4.79 Å². The molecule has 194 valence electrons. The zero-order chi connectivity index (χ0) is 25.5. The van der Waals surface area contributed by atoms with Crippen molar-refractivity contribution in [3.05, 3.63) is 47.5 Å². The molecule has 0 unspecified atom stereocenters. The number of allylic oxidation sites excluding steroid dienone is 2. The van der Waals surface area contributed by atoms with Crippen molar-refractivity contribution in [2.75, 3.05) is 0 Å². The van der Waals surface area contributed by atoms with E-state index in [-0.39, 0.29) is 11.3 Å². The lowest BCUT2D eigenvalue weighted by atomic mass is 9.44. The quantitative estimate of drug-likeness (QED) is 0.381. The number of benzene rings is 1. The van der Waals surface area contributed by atoms with Gasteiger partial charge in [-0.25, -0.2) is 0 Å². The molecule has 1 aromatic rings. The van der Waals surface area contributed by atoms with E-state index < -0.39 is 0 Å². The van der Waals surface area contributed by atoms with Gasteiger partial charge in [-0.15, -0.1) is 0 Å². The zero-order valence-electron chi connectivity index (χ0n) is 23.5. The molecule has 0 saturated heterocycles. The van der Waals surface area contributed by atoms with Gasteiger partial charge in [-0.05, 0) is 103 Å². The molecule has 1 aromatic carbocycles. The number of ketones is 1. The van der Waals surface area contributed by atoms with Gasteiger partial charge in [-0.1, -0.05) is 90.0 Å². The molecule has 4 aliphatic rings. The van der Waals surface area contributed by atoms with Crippen LogP contribution in [0.4, 0.5) is 0 Å². The lowest BCUT2D eigenvalue weighted by Gasteiger charge is -2.59. The van der Waals surface area contributed by atoms with Gasteiger partial charge in [0, 0.05) is 17.9 Å². The molecule has 0 heterocycles. The van der Waals surface area contributed by atoms with Crippen LogP contribution in [0.3, 0.4) is 0 Å². The fourth-order valence-electron chi connectivity index (χ4n) is 9.46. The molecule has 0 N–H and O–H groups in total. The van der Waals surface area contributed by atoms with Crippen LogP contribution in [0.2, 0.25) is 0 Å². The Morgan fingerprint density at radius 1 is 0.917 bits per heavy atom. The highest BCUT2D eigenvalue weighted by atomic mass is 16.1. The molecule has 3 fully saturated rings. The molecule has 3 saturated carbocycles. The summed E-state index contributed by atoms with van der Waals surface area (Å²) in [6, 6.07) is 10.2. The second-order valence-corrected chi connectivity index (χ2v) is 13.9. The Morgan fingerprint density at radius 3 is 2.42 bits per heavy atom. The lowest BCUT2D eigenvalue weighted by Crippen LogP contribution is -2.55. The first-order valence-corrected chi connectivity index (χ1v) is 15.0. The van der Waals surface area contributed by atoms with Gasteiger partial charge in [0.2, 0.25) is 0 Å². The second-order valence-electron chi connectivity index (χ2n) is 13.9. The van der Waals surface area contributed by atoms with Crippen LogP contribution in [-0.4, -0.2) is 5.78 Å².